The number of carbonyl (C=O) groups excluding carboxylic acids is 2. The number of nitrogens with zero attached hydrogens (tertiary/aromatic N) is 1. The van der Waals surface area contributed by atoms with E-state index in [1.54, 1.807) is 49.6 Å². The number of methoxy groups -OCH3 is 1. The smallest absolute Gasteiger partial charge is 0.329 e. The lowest BCUT2D eigenvalue weighted by Gasteiger charge is -2.06. The summed E-state index contributed by atoms with van der Waals surface area (Å²) in [5.74, 6) is -1.05. The van der Waals surface area contributed by atoms with Gasteiger partial charge in [-0.25, -0.2) is 5.43 Å². The summed E-state index contributed by atoms with van der Waals surface area (Å²) < 4.78 is 5.08. The minimum absolute atomic E-state index is 0.0991. The van der Waals surface area contributed by atoms with Crippen molar-refractivity contribution in [3.8, 4) is 5.75 Å². The third-order valence-electron chi connectivity index (χ3n) is 3.13. The number of hydrogen-bond acceptors (Lipinski definition) is 4. The molecule has 0 aromatic heterocycles. The van der Waals surface area contributed by atoms with Gasteiger partial charge in [0.25, 0.3) is 0 Å². The van der Waals surface area contributed by atoms with Gasteiger partial charge in [0, 0.05) is 16.6 Å². The van der Waals surface area contributed by atoms with Crippen molar-refractivity contribution in [1.82, 2.24) is 10.7 Å². The minimum atomic E-state index is -0.885. The first-order valence-electron chi connectivity index (χ1n) is 7.19. The summed E-state index contributed by atoms with van der Waals surface area (Å²) >= 11 is 11.8. The van der Waals surface area contributed by atoms with E-state index in [0.717, 1.165) is 0 Å². The van der Waals surface area contributed by atoms with Crippen LogP contribution in [-0.4, -0.2) is 25.1 Å². The molecule has 0 aliphatic carbocycles. The largest absolute Gasteiger partial charge is 0.497 e. The number of rotatable bonds is 5. The molecular formula is C17H15Cl2N3O3. The molecule has 0 atom stereocenters. The lowest BCUT2D eigenvalue weighted by molar-refractivity contribution is -0.139. The molecule has 2 amide bonds. The normalized spacial score (nSPS) is 10.5. The van der Waals surface area contributed by atoms with Gasteiger partial charge in [-0.2, -0.15) is 5.10 Å². The Labute approximate surface area is 154 Å². The molecule has 2 rings (SSSR count). The molecule has 2 N–H and O–H groups in total. The first-order valence-corrected chi connectivity index (χ1v) is 7.94. The molecule has 0 spiro atoms. The van der Waals surface area contributed by atoms with Gasteiger partial charge in [0.1, 0.15) is 5.75 Å². The lowest BCUT2D eigenvalue weighted by Crippen LogP contribution is -2.37. The molecule has 0 fully saturated rings. The van der Waals surface area contributed by atoms with Crippen LogP contribution in [0.4, 0.5) is 0 Å². The van der Waals surface area contributed by atoms with Crippen LogP contribution in [0.25, 0.3) is 0 Å². The number of benzene rings is 2. The quantitative estimate of drug-likeness (QED) is 0.476. The number of halogens is 2. The number of nitrogens with one attached hydrogen (secondary N) is 2. The highest BCUT2D eigenvalue weighted by molar-refractivity contribution is 6.36. The number of ether oxygens (including phenoxy) is 1. The maximum absolute atomic E-state index is 11.8. The summed E-state index contributed by atoms with van der Waals surface area (Å²) in [4.78, 5) is 23.5. The highest BCUT2D eigenvalue weighted by Crippen LogP contribution is 2.20. The second-order valence-electron chi connectivity index (χ2n) is 4.89. The van der Waals surface area contributed by atoms with Crippen molar-refractivity contribution in [1.29, 1.82) is 0 Å². The fourth-order valence-corrected chi connectivity index (χ4v) is 2.33. The number of amides is 2. The highest BCUT2D eigenvalue weighted by Gasteiger charge is 2.12. The second kappa shape index (κ2) is 9.05. The predicted molar refractivity (Wildman–Crippen MR) is 97.0 cm³/mol. The zero-order valence-electron chi connectivity index (χ0n) is 13.3. The first kappa shape index (κ1) is 18.8. The van der Waals surface area contributed by atoms with Crippen molar-refractivity contribution >= 4 is 41.2 Å². The lowest BCUT2D eigenvalue weighted by atomic mass is 10.2. The Morgan fingerprint density at radius 1 is 1.16 bits per heavy atom. The Balaban J connectivity index is 1.85. The van der Waals surface area contributed by atoms with Gasteiger partial charge in [-0.3, -0.25) is 9.59 Å². The van der Waals surface area contributed by atoms with Gasteiger partial charge in [0.05, 0.1) is 13.3 Å². The van der Waals surface area contributed by atoms with Gasteiger partial charge in [-0.15, -0.1) is 0 Å². The SMILES string of the molecule is COc1cccc(/C=N\NC(=O)C(=O)NCc2ccc(Cl)cc2Cl)c1. The zero-order chi connectivity index (χ0) is 18.2. The van der Waals surface area contributed by atoms with E-state index in [9.17, 15) is 9.59 Å². The van der Waals surface area contributed by atoms with E-state index >= 15 is 0 Å². The maximum atomic E-state index is 11.8. The van der Waals surface area contributed by atoms with Crippen LogP contribution in [0.2, 0.25) is 10.0 Å². The zero-order valence-corrected chi connectivity index (χ0v) is 14.8. The van der Waals surface area contributed by atoms with Crippen LogP contribution in [0.15, 0.2) is 47.6 Å². The first-order chi connectivity index (χ1) is 12.0. The van der Waals surface area contributed by atoms with Crippen molar-refractivity contribution in [2.75, 3.05) is 7.11 Å². The summed E-state index contributed by atoms with van der Waals surface area (Å²) in [7, 11) is 1.55. The van der Waals surface area contributed by atoms with E-state index in [4.69, 9.17) is 27.9 Å². The third kappa shape index (κ3) is 5.77. The van der Waals surface area contributed by atoms with Crippen molar-refractivity contribution < 1.29 is 14.3 Å². The Morgan fingerprint density at radius 2 is 1.96 bits per heavy atom. The van der Waals surface area contributed by atoms with Gasteiger partial charge in [-0.05, 0) is 35.4 Å². The van der Waals surface area contributed by atoms with E-state index in [0.29, 0.717) is 26.9 Å². The Morgan fingerprint density at radius 3 is 2.68 bits per heavy atom. The Hall–Kier alpha value is -2.57. The molecule has 0 unspecified atom stereocenters. The van der Waals surface area contributed by atoms with Gasteiger partial charge in [0.15, 0.2) is 0 Å². The van der Waals surface area contributed by atoms with Gasteiger partial charge in [0.2, 0.25) is 0 Å². The van der Waals surface area contributed by atoms with Gasteiger partial charge >= 0.3 is 11.8 Å². The molecule has 25 heavy (non-hydrogen) atoms. The number of hydrogen-bond donors (Lipinski definition) is 2. The molecule has 0 heterocycles. The average molecular weight is 380 g/mol. The Bertz CT molecular complexity index is 809. The van der Waals surface area contributed by atoms with Crippen LogP contribution in [0.3, 0.4) is 0 Å². The maximum Gasteiger partial charge on any atom is 0.329 e. The third-order valence-corrected chi connectivity index (χ3v) is 3.72. The van der Waals surface area contributed by atoms with Crippen LogP contribution < -0.4 is 15.5 Å². The highest BCUT2D eigenvalue weighted by atomic mass is 35.5. The van der Waals surface area contributed by atoms with Crippen LogP contribution in [0, 0.1) is 0 Å². The second-order valence-corrected chi connectivity index (χ2v) is 5.74. The fourth-order valence-electron chi connectivity index (χ4n) is 1.86. The van der Waals surface area contributed by atoms with Crippen LogP contribution in [0.5, 0.6) is 5.75 Å². The number of carbonyl (C=O) groups is 2. The summed E-state index contributed by atoms with van der Waals surface area (Å²) in [6.45, 7) is 0.0991. The molecular weight excluding hydrogens is 365 g/mol. The molecule has 0 saturated carbocycles. The topological polar surface area (TPSA) is 79.8 Å². The predicted octanol–water partition coefficient (Wildman–Crippen LogP) is 2.77. The standard InChI is InChI=1S/C17H15Cl2N3O3/c1-25-14-4-2-3-11(7-14)9-21-22-17(24)16(23)20-10-12-5-6-13(18)8-15(12)19/h2-9H,10H2,1H3,(H,20,23)(H,22,24)/b21-9-. The van der Waals surface area contributed by atoms with Gasteiger partial charge in [-0.1, -0.05) is 41.4 Å². The van der Waals surface area contributed by atoms with Crippen molar-refractivity contribution in [2.24, 2.45) is 5.10 Å². The van der Waals surface area contributed by atoms with E-state index in [1.165, 1.54) is 6.21 Å². The van der Waals surface area contributed by atoms with E-state index in [1.807, 2.05) is 0 Å². The fraction of sp³-hybridized carbons (Fsp3) is 0.118. The summed E-state index contributed by atoms with van der Waals surface area (Å²) in [6, 6.07) is 12.0. The molecule has 6 nitrogen and oxygen atoms in total. The van der Waals surface area contributed by atoms with Crippen molar-refractivity contribution in [3.63, 3.8) is 0 Å². The number of hydrazone groups is 1. The van der Waals surface area contributed by atoms with Crippen LogP contribution in [-0.2, 0) is 16.1 Å². The molecule has 130 valence electrons. The summed E-state index contributed by atoms with van der Waals surface area (Å²) in [5.41, 5.74) is 3.51. The molecule has 2 aromatic rings. The van der Waals surface area contributed by atoms with Crippen molar-refractivity contribution in [2.45, 2.75) is 6.54 Å². The van der Waals surface area contributed by atoms with Crippen LogP contribution in [0.1, 0.15) is 11.1 Å². The molecule has 0 bridgehead atoms. The Kier molecular flexibility index (Phi) is 6.80. The van der Waals surface area contributed by atoms with Crippen LogP contribution >= 0.6 is 23.2 Å². The summed E-state index contributed by atoms with van der Waals surface area (Å²) in [6.07, 6.45) is 1.41. The molecule has 0 radical (unpaired) electrons. The van der Waals surface area contributed by atoms with Crippen molar-refractivity contribution in [3.05, 3.63) is 63.6 Å². The monoisotopic (exact) mass is 379 g/mol. The van der Waals surface area contributed by atoms with E-state index in [-0.39, 0.29) is 6.54 Å². The molecule has 0 saturated heterocycles. The summed E-state index contributed by atoms with van der Waals surface area (Å²) in [5, 5.41) is 7.09. The van der Waals surface area contributed by atoms with Gasteiger partial charge < -0.3 is 10.1 Å². The average Bonchev–Trinajstić information content (AvgIpc) is 2.60. The molecule has 0 aliphatic heterocycles. The molecule has 8 heteroatoms. The molecule has 0 aliphatic rings. The molecule has 2 aromatic carbocycles. The minimum Gasteiger partial charge on any atom is -0.497 e. The van der Waals surface area contributed by atoms with E-state index < -0.39 is 11.8 Å². The van der Waals surface area contributed by atoms with E-state index in [2.05, 4.69) is 15.8 Å².